The molecule has 0 spiro atoms. The van der Waals surface area contributed by atoms with Gasteiger partial charge in [0.25, 0.3) is 0 Å². The van der Waals surface area contributed by atoms with E-state index in [0.717, 1.165) is 12.8 Å². The first-order valence-electron chi connectivity index (χ1n) is 4.74. The zero-order valence-corrected chi connectivity index (χ0v) is 8.21. The molecule has 74 valence electrons. The van der Waals surface area contributed by atoms with Crippen molar-refractivity contribution in [1.82, 2.24) is 0 Å². The second-order valence-corrected chi connectivity index (χ2v) is 3.69. The van der Waals surface area contributed by atoms with Gasteiger partial charge in [-0.2, -0.15) is 0 Å². The van der Waals surface area contributed by atoms with E-state index >= 15 is 0 Å². The lowest BCUT2D eigenvalue weighted by Gasteiger charge is -2.24. The standard InChI is InChI=1S/C10H16O3/c1-7(10(12)13-2)8-3-5-9(11)6-4-8/h7-8H,3-6H2,1-2H3. The van der Waals surface area contributed by atoms with E-state index in [0.29, 0.717) is 24.5 Å². The Labute approximate surface area is 78.5 Å². The van der Waals surface area contributed by atoms with Crippen molar-refractivity contribution in [2.75, 3.05) is 7.11 Å². The number of hydrogen-bond donors (Lipinski definition) is 0. The van der Waals surface area contributed by atoms with Crippen LogP contribution < -0.4 is 0 Å². The van der Waals surface area contributed by atoms with E-state index in [1.807, 2.05) is 6.92 Å². The van der Waals surface area contributed by atoms with Crippen LogP contribution >= 0.6 is 0 Å². The molecule has 1 aliphatic rings. The van der Waals surface area contributed by atoms with Gasteiger partial charge in [0.05, 0.1) is 13.0 Å². The summed E-state index contributed by atoms with van der Waals surface area (Å²) >= 11 is 0. The highest BCUT2D eigenvalue weighted by Crippen LogP contribution is 2.28. The van der Waals surface area contributed by atoms with E-state index in [-0.39, 0.29) is 11.9 Å². The van der Waals surface area contributed by atoms with Crippen LogP contribution in [0.2, 0.25) is 0 Å². The van der Waals surface area contributed by atoms with Gasteiger partial charge in [-0.05, 0) is 18.8 Å². The van der Waals surface area contributed by atoms with Gasteiger partial charge in [0.15, 0.2) is 0 Å². The maximum Gasteiger partial charge on any atom is 0.308 e. The lowest BCUT2D eigenvalue weighted by atomic mass is 9.80. The number of Topliss-reactive ketones (excluding diaryl/α,β-unsaturated/α-hetero) is 1. The topological polar surface area (TPSA) is 43.4 Å². The van der Waals surface area contributed by atoms with E-state index in [2.05, 4.69) is 4.74 Å². The van der Waals surface area contributed by atoms with Gasteiger partial charge in [-0.3, -0.25) is 9.59 Å². The molecule has 1 fully saturated rings. The highest BCUT2D eigenvalue weighted by molar-refractivity contribution is 5.79. The van der Waals surface area contributed by atoms with E-state index in [1.54, 1.807) is 0 Å². The van der Waals surface area contributed by atoms with Crippen LogP contribution in [0, 0.1) is 11.8 Å². The molecule has 0 bridgehead atoms. The number of methoxy groups -OCH3 is 1. The predicted molar refractivity (Wildman–Crippen MR) is 48.1 cm³/mol. The van der Waals surface area contributed by atoms with E-state index in [1.165, 1.54) is 7.11 Å². The fraction of sp³-hybridized carbons (Fsp3) is 0.800. The fourth-order valence-electron chi connectivity index (χ4n) is 1.84. The van der Waals surface area contributed by atoms with Crippen molar-refractivity contribution in [2.24, 2.45) is 11.8 Å². The Morgan fingerprint density at radius 3 is 2.46 bits per heavy atom. The number of ether oxygens (including phenoxy) is 1. The van der Waals surface area contributed by atoms with Gasteiger partial charge in [0.2, 0.25) is 0 Å². The predicted octanol–water partition coefficient (Wildman–Crippen LogP) is 1.55. The van der Waals surface area contributed by atoms with Gasteiger partial charge in [0, 0.05) is 12.8 Å². The Hall–Kier alpha value is -0.860. The van der Waals surface area contributed by atoms with Crippen LogP contribution in [0.25, 0.3) is 0 Å². The smallest absolute Gasteiger partial charge is 0.308 e. The highest BCUT2D eigenvalue weighted by atomic mass is 16.5. The average molecular weight is 184 g/mol. The monoisotopic (exact) mass is 184 g/mol. The number of ketones is 1. The summed E-state index contributed by atoms with van der Waals surface area (Å²) in [6.45, 7) is 1.88. The molecule has 1 aliphatic carbocycles. The van der Waals surface area contributed by atoms with Crippen molar-refractivity contribution in [3.05, 3.63) is 0 Å². The van der Waals surface area contributed by atoms with Crippen molar-refractivity contribution in [1.29, 1.82) is 0 Å². The minimum Gasteiger partial charge on any atom is -0.469 e. The molecule has 0 N–H and O–H groups in total. The minimum absolute atomic E-state index is 0.0573. The molecule has 0 aromatic heterocycles. The minimum atomic E-state index is -0.153. The van der Waals surface area contributed by atoms with E-state index in [4.69, 9.17) is 0 Å². The van der Waals surface area contributed by atoms with Crippen LogP contribution in [-0.4, -0.2) is 18.9 Å². The maximum absolute atomic E-state index is 11.2. The first-order valence-corrected chi connectivity index (χ1v) is 4.74. The van der Waals surface area contributed by atoms with Gasteiger partial charge in [0.1, 0.15) is 5.78 Å². The van der Waals surface area contributed by atoms with Crippen molar-refractivity contribution in [2.45, 2.75) is 32.6 Å². The van der Waals surface area contributed by atoms with Crippen LogP contribution in [0.1, 0.15) is 32.6 Å². The second-order valence-electron chi connectivity index (χ2n) is 3.69. The Morgan fingerprint density at radius 1 is 1.46 bits per heavy atom. The first kappa shape index (κ1) is 10.2. The third kappa shape index (κ3) is 2.54. The van der Waals surface area contributed by atoms with Crippen molar-refractivity contribution >= 4 is 11.8 Å². The molecule has 3 heteroatoms. The molecule has 0 amide bonds. The normalized spacial score (nSPS) is 21.2. The van der Waals surface area contributed by atoms with Crippen molar-refractivity contribution in [3.8, 4) is 0 Å². The Morgan fingerprint density at radius 2 is 2.00 bits per heavy atom. The molecule has 0 aromatic carbocycles. The largest absolute Gasteiger partial charge is 0.469 e. The van der Waals surface area contributed by atoms with E-state index in [9.17, 15) is 9.59 Å². The number of carbonyl (C=O) groups excluding carboxylic acids is 2. The van der Waals surface area contributed by atoms with Crippen LogP contribution in [0.15, 0.2) is 0 Å². The molecule has 0 aliphatic heterocycles. The lowest BCUT2D eigenvalue weighted by molar-refractivity contribution is -0.147. The van der Waals surface area contributed by atoms with E-state index < -0.39 is 0 Å². The summed E-state index contributed by atoms with van der Waals surface area (Å²) in [4.78, 5) is 22.1. The van der Waals surface area contributed by atoms with Gasteiger partial charge in [-0.15, -0.1) is 0 Å². The summed E-state index contributed by atoms with van der Waals surface area (Å²) in [6, 6.07) is 0. The molecule has 1 unspecified atom stereocenters. The average Bonchev–Trinajstić information content (AvgIpc) is 2.17. The molecule has 0 heterocycles. The third-order valence-corrected chi connectivity index (χ3v) is 2.87. The maximum atomic E-state index is 11.2. The molecular formula is C10H16O3. The zero-order chi connectivity index (χ0) is 9.84. The van der Waals surface area contributed by atoms with Gasteiger partial charge >= 0.3 is 5.97 Å². The van der Waals surface area contributed by atoms with Crippen molar-refractivity contribution in [3.63, 3.8) is 0 Å². The number of esters is 1. The molecule has 0 aromatic rings. The summed E-state index contributed by atoms with van der Waals surface area (Å²) < 4.78 is 4.67. The summed E-state index contributed by atoms with van der Waals surface area (Å²) in [5.41, 5.74) is 0. The molecule has 0 saturated heterocycles. The molecule has 1 rings (SSSR count). The SMILES string of the molecule is COC(=O)C(C)C1CCC(=O)CC1. The number of rotatable bonds is 2. The van der Waals surface area contributed by atoms with Gasteiger partial charge < -0.3 is 4.74 Å². The van der Waals surface area contributed by atoms with Crippen LogP contribution in [-0.2, 0) is 14.3 Å². The fourth-order valence-corrected chi connectivity index (χ4v) is 1.84. The van der Waals surface area contributed by atoms with Gasteiger partial charge in [-0.1, -0.05) is 6.92 Å². The number of hydrogen-bond acceptors (Lipinski definition) is 3. The van der Waals surface area contributed by atoms with Crippen LogP contribution in [0.4, 0.5) is 0 Å². The molecule has 13 heavy (non-hydrogen) atoms. The number of carbonyl (C=O) groups is 2. The summed E-state index contributed by atoms with van der Waals surface area (Å²) in [7, 11) is 1.41. The Bertz CT molecular complexity index is 200. The Balaban J connectivity index is 2.44. The quantitative estimate of drug-likeness (QED) is 0.611. The summed E-state index contributed by atoms with van der Waals surface area (Å²) in [5.74, 6) is 0.455. The zero-order valence-electron chi connectivity index (χ0n) is 8.21. The lowest BCUT2D eigenvalue weighted by Crippen LogP contribution is -2.26. The van der Waals surface area contributed by atoms with Gasteiger partial charge in [-0.25, -0.2) is 0 Å². The second kappa shape index (κ2) is 4.40. The molecule has 3 nitrogen and oxygen atoms in total. The molecule has 1 saturated carbocycles. The first-order chi connectivity index (χ1) is 6.15. The third-order valence-electron chi connectivity index (χ3n) is 2.87. The van der Waals surface area contributed by atoms with Crippen LogP contribution in [0.3, 0.4) is 0 Å². The molecular weight excluding hydrogens is 168 g/mol. The summed E-state index contributed by atoms with van der Waals surface area (Å²) in [6.07, 6.45) is 2.95. The summed E-state index contributed by atoms with van der Waals surface area (Å²) in [5, 5.41) is 0. The Kier molecular flexibility index (Phi) is 3.46. The van der Waals surface area contributed by atoms with Crippen LogP contribution in [0.5, 0.6) is 0 Å². The molecule has 0 radical (unpaired) electrons. The highest BCUT2D eigenvalue weighted by Gasteiger charge is 2.28. The molecule has 1 atom stereocenters. The van der Waals surface area contributed by atoms with Crippen molar-refractivity contribution < 1.29 is 14.3 Å².